The Hall–Kier alpha value is -2.75. The van der Waals surface area contributed by atoms with E-state index in [0.717, 1.165) is 5.69 Å². The van der Waals surface area contributed by atoms with Crippen molar-refractivity contribution in [2.24, 2.45) is 10.2 Å². The Morgan fingerprint density at radius 2 is 1.68 bits per heavy atom. The lowest BCUT2D eigenvalue weighted by molar-refractivity contribution is 0.483. The van der Waals surface area contributed by atoms with Crippen molar-refractivity contribution in [3.05, 3.63) is 59.8 Å². The molecule has 1 aromatic heterocycles. The van der Waals surface area contributed by atoms with Gasteiger partial charge < -0.3 is 5.73 Å². The van der Waals surface area contributed by atoms with Crippen LogP contribution in [0.3, 0.4) is 0 Å². The van der Waals surface area contributed by atoms with E-state index in [1.807, 2.05) is 0 Å². The second-order valence-corrected chi connectivity index (χ2v) is 6.83. The Morgan fingerprint density at radius 3 is 2.28 bits per heavy atom. The molecule has 0 aliphatic heterocycles. The third-order valence-corrected chi connectivity index (χ3v) is 4.38. The van der Waals surface area contributed by atoms with Crippen molar-refractivity contribution in [1.82, 2.24) is 9.78 Å². The summed E-state index contributed by atoms with van der Waals surface area (Å²) in [6, 6.07) is 12.2. The number of benzene rings is 2. The van der Waals surface area contributed by atoms with Crippen LogP contribution in [-0.4, -0.2) is 22.8 Å². The van der Waals surface area contributed by atoms with Gasteiger partial charge >= 0.3 is 0 Å². The SMILES string of the molecule is Nc1c(N=Nc2ccc(S(=O)(=O)O)cc2)cnn1-c1ccc(Cl)cc1. The van der Waals surface area contributed by atoms with Crippen LogP contribution in [0.4, 0.5) is 17.2 Å². The molecule has 0 spiro atoms. The summed E-state index contributed by atoms with van der Waals surface area (Å²) in [4.78, 5) is -0.221. The van der Waals surface area contributed by atoms with E-state index in [2.05, 4.69) is 15.3 Å². The Labute approximate surface area is 148 Å². The summed E-state index contributed by atoms with van der Waals surface area (Å²) in [7, 11) is -4.24. The normalized spacial score (nSPS) is 11.9. The first kappa shape index (κ1) is 17.1. The summed E-state index contributed by atoms with van der Waals surface area (Å²) in [6.07, 6.45) is 1.46. The van der Waals surface area contributed by atoms with E-state index in [0.29, 0.717) is 22.2 Å². The Morgan fingerprint density at radius 1 is 1.04 bits per heavy atom. The molecule has 0 amide bonds. The summed E-state index contributed by atoms with van der Waals surface area (Å²) in [5.74, 6) is 0.292. The smallest absolute Gasteiger partial charge is 0.294 e. The zero-order valence-electron chi connectivity index (χ0n) is 12.6. The van der Waals surface area contributed by atoms with Crippen LogP contribution >= 0.6 is 11.6 Å². The Kier molecular flexibility index (Phi) is 4.53. The number of nitrogen functional groups attached to an aromatic ring is 1. The second-order valence-electron chi connectivity index (χ2n) is 4.97. The molecule has 0 bridgehead atoms. The van der Waals surface area contributed by atoms with Crippen LogP contribution in [0, 0.1) is 0 Å². The molecule has 0 radical (unpaired) electrons. The van der Waals surface area contributed by atoms with Crippen LogP contribution in [0.1, 0.15) is 0 Å². The van der Waals surface area contributed by atoms with Gasteiger partial charge in [-0.3, -0.25) is 4.55 Å². The first-order valence-electron chi connectivity index (χ1n) is 6.93. The molecule has 0 saturated carbocycles. The minimum absolute atomic E-state index is 0.221. The molecular weight excluding hydrogens is 366 g/mol. The van der Waals surface area contributed by atoms with E-state index in [4.69, 9.17) is 21.9 Å². The zero-order chi connectivity index (χ0) is 18.0. The molecule has 3 N–H and O–H groups in total. The van der Waals surface area contributed by atoms with Crippen molar-refractivity contribution in [3.8, 4) is 5.69 Å². The number of anilines is 1. The monoisotopic (exact) mass is 377 g/mol. The molecule has 10 heteroatoms. The molecule has 25 heavy (non-hydrogen) atoms. The zero-order valence-corrected chi connectivity index (χ0v) is 14.2. The molecule has 2 aromatic carbocycles. The molecule has 0 aliphatic rings. The van der Waals surface area contributed by atoms with Gasteiger partial charge in [0.15, 0.2) is 5.82 Å². The average Bonchev–Trinajstić information content (AvgIpc) is 2.94. The highest BCUT2D eigenvalue weighted by atomic mass is 35.5. The van der Waals surface area contributed by atoms with Gasteiger partial charge in [-0.25, -0.2) is 4.68 Å². The first-order chi connectivity index (χ1) is 11.8. The molecule has 0 saturated heterocycles. The van der Waals surface area contributed by atoms with Crippen LogP contribution in [-0.2, 0) is 10.1 Å². The van der Waals surface area contributed by atoms with E-state index >= 15 is 0 Å². The van der Waals surface area contributed by atoms with Crippen molar-refractivity contribution in [1.29, 1.82) is 0 Å². The molecular formula is C15H12ClN5O3S. The highest BCUT2D eigenvalue weighted by Gasteiger charge is 2.10. The maximum absolute atomic E-state index is 11.0. The molecule has 3 aromatic rings. The second kappa shape index (κ2) is 6.63. The van der Waals surface area contributed by atoms with E-state index in [1.54, 1.807) is 24.3 Å². The van der Waals surface area contributed by atoms with Crippen molar-refractivity contribution in [2.75, 3.05) is 5.73 Å². The van der Waals surface area contributed by atoms with E-state index in [1.165, 1.54) is 35.1 Å². The molecule has 3 rings (SSSR count). The fourth-order valence-corrected chi connectivity index (χ4v) is 2.62. The molecule has 0 atom stereocenters. The maximum Gasteiger partial charge on any atom is 0.294 e. The van der Waals surface area contributed by atoms with Crippen LogP contribution in [0.2, 0.25) is 5.02 Å². The third kappa shape index (κ3) is 3.85. The van der Waals surface area contributed by atoms with Crippen molar-refractivity contribution in [3.63, 3.8) is 0 Å². The van der Waals surface area contributed by atoms with Gasteiger partial charge in [-0.2, -0.15) is 18.6 Å². The topological polar surface area (TPSA) is 123 Å². The van der Waals surface area contributed by atoms with Crippen molar-refractivity contribution >= 4 is 38.9 Å². The predicted octanol–water partition coefficient (Wildman–Crippen LogP) is 3.77. The Balaban J connectivity index is 1.84. The van der Waals surface area contributed by atoms with Crippen LogP contribution in [0.25, 0.3) is 5.69 Å². The fraction of sp³-hybridized carbons (Fsp3) is 0. The van der Waals surface area contributed by atoms with Gasteiger partial charge in [0.05, 0.1) is 22.5 Å². The molecule has 0 fully saturated rings. The number of azo groups is 1. The first-order valence-corrected chi connectivity index (χ1v) is 8.75. The number of aromatic nitrogens is 2. The largest absolute Gasteiger partial charge is 0.382 e. The van der Waals surface area contributed by atoms with Crippen molar-refractivity contribution < 1.29 is 13.0 Å². The summed E-state index contributed by atoms with van der Waals surface area (Å²) in [6.45, 7) is 0. The minimum atomic E-state index is -4.24. The fourth-order valence-electron chi connectivity index (χ4n) is 2.01. The molecule has 0 aliphatic carbocycles. The number of halogens is 1. The highest BCUT2D eigenvalue weighted by Crippen LogP contribution is 2.27. The van der Waals surface area contributed by atoms with Crippen LogP contribution < -0.4 is 5.73 Å². The standard InChI is InChI=1S/C15H12ClN5O3S/c16-10-1-5-12(6-2-10)21-15(17)14(9-18-21)20-19-11-3-7-13(8-4-11)25(22,23)24/h1-9H,17H2,(H,22,23,24). The summed E-state index contributed by atoms with van der Waals surface area (Å²) in [5, 5.41) is 12.7. The summed E-state index contributed by atoms with van der Waals surface area (Å²) < 4.78 is 32.4. The van der Waals surface area contributed by atoms with Gasteiger partial charge in [0.2, 0.25) is 0 Å². The molecule has 0 unspecified atom stereocenters. The number of rotatable bonds is 4. The number of nitrogens with zero attached hydrogens (tertiary/aromatic N) is 4. The molecule has 8 nitrogen and oxygen atoms in total. The lowest BCUT2D eigenvalue weighted by Crippen LogP contribution is -2.01. The summed E-state index contributed by atoms with van der Waals surface area (Å²) >= 11 is 5.85. The maximum atomic E-state index is 11.0. The number of nitrogens with two attached hydrogens (primary N) is 1. The molecule has 1 heterocycles. The van der Waals surface area contributed by atoms with E-state index in [9.17, 15) is 8.42 Å². The van der Waals surface area contributed by atoms with E-state index in [-0.39, 0.29) is 4.90 Å². The van der Waals surface area contributed by atoms with Crippen LogP contribution in [0.5, 0.6) is 0 Å². The van der Waals surface area contributed by atoms with Gasteiger partial charge in [-0.05, 0) is 48.5 Å². The predicted molar refractivity (Wildman–Crippen MR) is 93.4 cm³/mol. The van der Waals surface area contributed by atoms with Gasteiger partial charge in [0.1, 0.15) is 5.69 Å². The van der Waals surface area contributed by atoms with Gasteiger partial charge in [-0.15, -0.1) is 5.11 Å². The number of hydrogen-bond donors (Lipinski definition) is 2. The lowest BCUT2D eigenvalue weighted by atomic mass is 10.3. The lowest BCUT2D eigenvalue weighted by Gasteiger charge is -2.03. The Bertz CT molecular complexity index is 1030. The average molecular weight is 378 g/mol. The number of hydrogen-bond acceptors (Lipinski definition) is 6. The highest BCUT2D eigenvalue weighted by molar-refractivity contribution is 7.85. The van der Waals surface area contributed by atoms with Gasteiger partial charge in [-0.1, -0.05) is 11.6 Å². The van der Waals surface area contributed by atoms with Gasteiger partial charge in [0.25, 0.3) is 10.1 Å². The van der Waals surface area contributed by atoms with E-state index < -0.39 is 10.1 Å². The quantitative estimate of drug-likeness (QED) is 0.529. The van der Waals surface area contributed by atoms with Crippen molar-refractivity contribution in [2.45, 2.75) is 4.90 Å². The summed E-state index contributed by atoms with van der Waals surface area (Å²) in [5.41, 5.74) is 7.49. The molecule has 128 valence electrons. The third-order valence-electron chi connectivity index (χ3n) is 3.27. The van der Waals surface area contributed by atoms with Crippen LogP contribution in [0.15, 0.2) is 69.9 Å². The van der Waals surface area contributed by atoms with Gasteiger partial charge in [0, 0.05) is 5.02 Å². The minimum Gasteiger partial charge on any atom is -0.382 e.